The first kappa shape index (κ1) is 22.6. The molecule has 0 atom stereocenters. The zero-order valence-electron chi connectivity index (χ0n) is 15.7. The first-order valence-electron chi connectivity index (χ1n) is 8.47. The number of hydrogen-bond acceptors (Lipinski definition) is 4. The van der Waals surface area contributed by atoms with Gasteiger partial charge in [0.05, 0.1) is 25.4 Å². The van der Waals surface area contributed by atoms with E-state index in [9.17, 15) is 0 Å². The van der Waals surface area contributed by atoms with Crippen LogP contribution in [-0.2, 0) is 5.41 Å². The number of anilines is 1. The van der Waals surface area contributed by atoms with E-state index in [2.05, 4.69) is 41.7 Å². The minimum absolute atomic E-state index is 0. The van der Waals surface area contributed by atoms with Crippen molar-refractivity contribution < 1.29 is 9.47 Å². The predicted molar refractivity (Wildman–Crippen MR) is 122 cm³/mol. The third-order valence-electron chi connectivity index (χ3n) is 3.66. The van der Waals surface area contributed by atoms with Gasteiger partial charge in [-0.2, -0.15) is 0 Å². The summed E-state index contributed by atoms with van der Waals surface area (Å²) in [5, 5.41) is 5.22. The van der Waals surface area contributed by atoms with Gasteiger partial charge in [-0.05, 0) is 37.4 Å². The Morgan fingerprint density at radius 1 is 1.19 bits per heavy atom. The molecule has 144 valence electrons. The molecule has 0 aliphatic heterocycles. The normalized spacial score (nSPS) is 11.6. The van der Waals surface area contributed by atoms with Crippen LogP contribution in [0.1, 0.15) is 32.6 Å². The number of rotatable bonds is 8. The van der Waals surface area contributed by atoms with Crippen LogP contribution in [0.2, 0.25) is 0 Å². The molecule has 2 rings (SSSR count). The monoisotopic (exact) mass is 489 g/mol. The lowest BCUT2D eigenvalue weighted by Crippen LogP contribution is -2.27. The van der Waals surface area contributed by atoms with Gasteiger partial charge in [0.15, 0.2) is 5.96 Å². The van der Waals surface area contributed by atoms with Crippen LogP contribution in [-0.4, -0.2) is 25.7 Å². The summed E-state index contributed by atoms with van der Waals surface area (Å²) in [7, 11) is 0. The standard InChI is InChI=1S/C19H27N3O2S.HI/c1-5-23-14-9-10-16(24-6-2)15(12-14)22-18(20)21-13-19(3,4)17-8-7-11-25-17;/h7-12H,5-6,13H2,1-4H3,(H3,20,21,22);1H. The van der Waals surface area contributed by atoms with E-state index < -0.39 is 0 Å². The highest BCUT2D eigenvalue weighted by Gasteiger charge is 2.21. The van der Waals surface area contributed by atoms with Crippen molar-refractivity contribution in [2.24, 2.45) is 10.7 Å². The van der Waals surface area contributed by atoms with Crippen LogP contribution >= 0.6 is 35.3 Å². The Balaban J connectivity index is 0.00000338. The molecule has 2 aromatic rings. The largest absolute Gasteiger partial charge is 0.494 e. The zero-order valence-corrected chi connectivity index (χ0v) is 18.9. The highest BCUT2D eigenvalue weighted by atomic mass is 127. The minimum Gasteiger partial charge on any atom is -0.494 e. The van der Waals surface area contributed by atoms with Crippen molar-refractivity contribution in [2.45, 2.75) is 33.1 Å². The van der Waals surface area contributed by atoms with Gasteiger partial charge in [-0.25, -0.2) is 0 Å². The molecule has 0 fully saturated rings. The number of halogens is 1. The molecule has 1 aromatic heterocycles. The Bertz CT molecular complexity index is 703. The van der Waals surface area contributed by atoms with E-state index in [0.29, 0.717) is 25.7 Å². The number of ether oxygens (including phenoxy) is 2. The molecule has 3 N–H and O–H groups in total. The van der Waals surface area contributed by atoms with Gasteiger partial charge in [-0.15, -0.1) is 35.3 Å². The van der Waals surface area contributed by atoms with E-state index in [-0.39, 0.29) is 29.4 Å². The molecule has 5 nitrogen and oxygen atoms in total. The Morgan fingerprint density at radius 3 is 2.54 bits per heavy atom. The van der Waals surface area contributed by atoms with Gasteiger partial charge in [0, 0.05) is 16.4 Å². The maximum atomic E-state index is 6.10. The smallest absolute Gasteiger partial charge is 0.193 e. The number of nitrogens with one attached hydrogen (secondary N) is 1. The second kappa shape index (κ2) is 10.6. The van der Waals surface area contributed by atoms with Crippen molar-refractivity contribution in [3.63, 3.8) is 0 Å². The number of aliphatic imine (C=N–C) groups is 1. The Labute approximate surface area is 177 Å². The SMILES string of the molecule is CCOc1ccc(OCC)c(NC(N)=NCC(C)(C)c2cccs2)c1.I. The Hall–Kier alpha value is -1.48. The second-order valence-electron chi connectivity index (χ2n) is 6.21. The predicted octanol–water partition coefficient (Wildman–Crippen LogP) is 4.87. The lowest BCUT2D eigenvalue weighted by Gasteiger charge is -2.21. The third kappa shape index (κ3) is 6.35. The summed E-state index contributed by atoms with van der Waals surface area (Å²) >= 11 is 1.73. The van der Waals surface area contributed by atoms with Gasteiger partial charge in [-0.1, -0.05) is 19.9 Å². The van der Waals surface area contributed by atoms with Crippen molar-refractivity contribution in [3.05, 3.63) is 40.6 Å². The maximum absolute atomic E-state index is 6.10. The van der Waals surface area contributed by atoms with E-state index in [1.807, 2.05) is 32.0 Å². The van der Waals surface area contributed by atoms with Crippen LogP contribution in [0.15, 0.2) is 40.7 Å². The highest BCUT2D eigenvalue weighted by molar-refractivity contribution is 14.0. The quantitative estimate of drug-likeness (QED) is 0.316. The summed E-state index contributed by atoms with van der Waals surface area (Å²) in [6.07, 6.45) is 0. The molecule has 0 aliphatic carbocycles. The molecule has 0 bridgehead atoms. The average molecular weight is 489 g/mol. The van der Waals surface area contributed by atoms with Gasteiger partial charge >= 0.3 is 0 Å². The third-order valence-corrected chi connectivity index (χ3v) is 4.89. The zero-order chi connectivity index (χ0) is 18.3. The number of benzene rings is 1. The van der Waals surface area contributed by atoms with Crippen LogP contribution in [0, 0.1) is 0 Å². The summed E-state index contributed by atoms with van der Waals surface area (Å²) in [5.41, 5.74) is 6.79. The Morgan fingerprint density at radius 2 is 1.92 bits per heavy atom. The molecular formula is C19H28IN3O2S. The van der Waals surface area contributed by atoms with E-state index in [1.54, 1.807) is 11.3 Å². The first-order chi connectivity index (χ1) is 12.0. The maximum Gasteiger partial charge on any atom is 0.193 e. The van der Waals surface area contributed by atoms with E-state index >= 15 is 0 Å². The number of guanidine groups is 1. The van der Waals surface area contributed by atoms with Gasteiger partial charge in [0.2, 0.25) is 0 Å². The molecule has 0 saturated heterocycles. The fourth-order valence-electron chi connectivity index (χ4n) is 2.35. The summed E-state index contributed by atoms with van der Waals surface area (Å²) in [4.78, 5) is 5.81. The molecule has 26 heavy (non-hydrogen) atoms. The molecule has 1 heterocycles. The van der Waals surface area contributed by atoms with Gasteiger partial charge < -0.3 is 20.5 Å². The van der Waals surface area contributed by atoms with Gasteiger partial charge in [0.1, 0.15) is 11.5 Å². The van der Waals surface area contributed by atoms with Crippen molar-refractivity contribution in [1.82, 2.24) is 0 Å². The molecule has 0 radical (unpaired) electrons. The molecule has 0 amide bonds. The molecule has 7 heteroatoms. The summed E-state index contributed by atoms with van der Waals surface area (Å²) < 4.78 is 11.2. The van der Waals surface area contributed by atoms with E-state index in [4.69, 9.17) is 15.2 Å². The molecule has 1 aromatic carbocycles. The van der Waals surface area contributed by atoms with Gasteiger partial charge in [0.25, 0.3) is 0 Å². The summed E-state index contributed by atoms with van der Waals surface area (Å²) in [5.74, 6) is 1.85. The van der Waals surface area contributed by atoms with Crippen LogP contribution in [0.3, 0.4) is 0 Å². The fourth-order valence-corrected chi connectivity index (χ4v) is 3.19. The molecule has 0 spiro atoms. The lowest BCUT2D eigenvalue weighted by atomic mass is 9.92. The highest BCUT2D eigenvalue weighted by Crippen LogP contribution is 2.30. The van der Waals surface area contributed by atoms with Crippen molar-refractivity contribution in [3.8, 4) is 11.5 Å². The summed E-state index contributed by atoms with van der Waals surface area (Å²) in [6.45, 7) is 10.00. The first-order valence-corrected chi connectivity index (χ1v) is 9.34. The Kier molecular flexibility index (Phi) is 9.21. The number of nitrogens with two attached hydrogens (primary N) is 1. The number of nitrogens with zero attached hydrogens (tertiary/aromatic N) is 1. The molecule has 0 saturated carbocycles. The lowest BCUT2D eigenvalue weighted by molar-refractivity contribution is 0.332. The van der Waals surface area contributed by atoms with Crippen LogP contribution in [0.4, 0.5) is 5.69 Å². The van der Waals surface area contributed by atoms with E-state index in [0.717, 1.165) is 17.2 Å². The minimum atomic E-state index is -0.0591. The van der Waals surface area contributed by atoms with Crippen LogP contribution in [0.5, 0.6) is 11.5 Å². The summed E-state index contributed by atoms with van der Waals surface area (Å²) in [6, 6.07) is 9.82. The van der Waals surface area contributed by atoms with Gasteiger partial charge in [-0.3, -0.25) is 4.99 Å². The van der Waals surface area contributed by atoms with E-state index in [1.165, 1.54) is 4.88 Å². The molecule has 0 unspecified atom stereocenters. The van der Waals surface area contributed by atoms with Crippen molar-refractivity contribution in [2.75, 3.05) is 25.1 Å². The van der Waals surface area contributed by atoms with Crippen molar-refractivity contribution >= 4 is 47.0 Å². The average Bonchev–Trinajstić information content (AvgIpc) is 3.11. The topological polar surface area (TPSA) is 68.9 Å². The molecular weight excluding hydrogens is 461 g/mol. The fraction of sp³-hybridized carbons (Fsp3) is 0.421. The number of thiophene rings is 1. The van der Waals surface area contributed by atoms with Crippen molar-refractivity contribution in [1.29, 1.82) is 0 Å². The number of hydrogen-bond donors (Lipinski definition) is 2. The van der Waals surface area contributed by atoms with Crippen LogP contribution < -0.4 is 20.5 Å². The second-order valence-corrected chi connectivity index (χ2v) is 7.16. The molecule has 0 aliphatic rings. The van der Waals surface area contributed by atoms with Crippen LogP contribution in [0.25, 0.3) is 0 Å².